The minimum atomic E-state index is -3.71. The third-order valence-corrected chi connectivity index (χ3v) is 4.98. The Kier molecular flexibility index (Phi) is 5.15. The van der Waals surface area contributed by atoms with Gasteiger partial charge in [0.05, 0.1) is 6.54 Å². The van der Waals surface area contributed by atoms with Crippen molar-refractivity contribution < 1.29 is 17.2 Å². The first-order chi connectivity index (χ1) is 9.92. The van der Waals surface area contributed by atoms with Crippen molar-refractivity contribution in [3.63, 3.8) is 0 Å². The van der Waals surface area contributed by atoms with Gasteiger partial charge in [0.2, 0.25) is 10.0 Å². The molecule has 0 spiro atoms. The van der Waals surface area contributed by atoms with E-state index in [4.69, 9.17) is 4.42 Å². The second-order valence-corrected chi connectivity index (χ2v) is 6.79. The van der Waals surface area contributed by atoms with Crippen LogP contribution in [0.4, 0.5) is 4.39 Å². The van der Waals surface area contributed by atoms with E-state index in [1.54, 1.807) is 7.05 Å². The van der Waals surface area contributed by atoms with Crippen molar-refractivity contribution >= 4 is 26.0 Å². The van der Waals surface area contributed by atoms with Crippen LogP contribution in [0.1, 0.15) is 11.3 Å². The Morgan fingerprint density at radius 3 is 2.52 bits per heavy atom. The van der Waals surface area contributed by atoms with Crippen LogP contribution in [0.5, 0.6) is 0 Å². The molecule has 1 heterocycles. The fraction of sp³-hybridized carbons (Fsp3) is 0.231. The molecule has 0 fully saturated rings. The lowest BCUT2D eigenvalue weighted by atomic mass is 10.2. The summed E-state index contributed by atoms with van der Waals surface area (Å²) in [4.78, 5) is 0.0369. The van der Waals surface area contributed by atoms with Gasteiger partial charge in [-0.1, -0.05) is 12.1 Å². The average Bonchev–Trinajstić information content (AvgIpc) is 2.80. The normalized spacial score (nSPS) is 11.8. The lowest BCUT2D eigenvalue weighted by Gasteiger charge is -2.05. The summed E-state index contributed by atoms with van der Waals surface area (Å²) in [6, 6.07) is 7.06. The van der Waals surface area contributed by atoms with E-state index in [1.165, 1.54) is 30.3 Å². The van der Waals surface area contributed by atoms with Crippen LogP contribution in [0.15, 0.2) is 44.3 Å². The molecule has 0 bridgehead atoms. The van der Waals surface area contributed by atoms with E-state index in [2.05, 4.69) is 26.0 Å². The minimum absolute atomic E-state index is 0.0369. The fourth-order valence-corrected chi connectivity index (χ4v) is 3.71. The Hall–Kier alpha value is -1.22. The van der Waals surface area contributed by atoms with Crippen molar-refractivity contribution in [2.75, 3.05) is 7.05 Å². The molecular weight excluding hydrogens is 363 g/mol. The Balaban J connectivity index is 2.12. The number of benzene rings is 1. The van der Waals surface area contributed by atoms with Crippen LogP contribution in [-0.4, -0.2) is 15.5 Å². The SMILES string of the molecule is CNCc1cc(S(=O)(=O)NCc2ccc(F)cc2)c(Br)o1. The minimum Gasteiger partial charge on any atom is -0.452 e. The highest BCUT2D eigenvalue weighted by Gasteiger charge is 2.22. The molecule has 2 N–H and O–H groups in total. The zero-order chi connectivity index (χ0) is 15.5. The summed E-state index contributed by atoms with van der Waals surface area (Å²) in [6.07, 6.45) is 0. The summed E-state index contributed by atoms with van der Waals surface area (Å²) in [6.45, 7) is 0.494. The van der Waals surface area contributed by atoms with Gasteiger partial charge >= 0.3 is 0 Å². The van der Waals surface area contributed by atoms with Crippen LogP contribution >= 0.6 is 15.9 Å². The highest BCUT2D eigenvalue weighted by molar-refractivity contribution is 9.10. The van der Waals surface area contributed by atoms with Crippen LogP contribution in [-0.2, 0) is 23.1 Å². The molecule has 0 aliphatic carbocycles. The molecule has 0 aliphatic rings. The van der Waals surface area contributed by atoms with Crippen LogP contribution in [0.25, 0.3) is 0 Å². The number of furan rings is 1. The second kappa shape index (κ2) is 6.69. The molecule has 5 nitrogen and oxygen atoms in total. The molecule has 0 amide bonds. The van der Waals surface area contributed by atoms with Gasteiger partial charge in [0.15, 0.2) is 4.67 Å². The first-order valence-corrected chi connectivity index (χ1v) is 8.37. The number of nitrogens with one attached hydrogen (secondary N) is 2. The maximum atomic E-state index is 12.8. The summed E-state index contributed by atoms with van der Waals surface area (Å²) in [5.74, 6) is 0.141. The highest BCUT2D eigenvalue weighted by atomic mass is 79.9. The smallest absolute Gasteiger partial charge is 0.245 e. The summed E-state index contributed by atoms with van der Waals surface area (Å²) < 4.78 is 45.1. The van der Waals surface area contributed by atoms with E-state index >= 15 is 0 Å². The summed E-state index contributed by atoms with van der Waals surface area (Å²) >= 11 is 3.10. The fourth-order valence-electron chi connectivity index (χ4n) is 1.70. The molecular formula is C13H14BrFN2O3S. The standard InChI is InChI=1S/C13H14BrFN2O3S/c1-16-8-11-6-12(13(14)20-11)21(18,19)17-7-9-2-4-10(15)5-3-9/h2-6,16-17H,7-8H2,1H3. The molecule has 114 valence electrons. The molecule has 0 radical (unpaired) electrons. The lowest BCUT2D eigenvalue weighted by molar-refractivity contribution is 0.470. The number of sulfonamides is 1. The Labute approximate surface area is 130 Å². The molecule has 0 saturated heterocycles. The number of halogens is 2. The van der Waals surface area contributed by atoms with Gasteiger partial charge < -0.3 is 9.73 Å². The summed E-state index contributed by atoms with van der Waals surface area (Å²) in [5.41, 5.74) is 0.662. The molecule has 21 heavy (non-hydrogen) atoms. The van der Waals surface area contributed by atoms with Crippen molar-refractivity contribution in [2.45, 2.75) is 18.0 Å². The van der Waals surface area contributed by atoms with Crippen LogP contribution in [0.2, 0.25) is 0 Å². The van der Waals surface area contributed by atoms with E-state index in [0.717, 1.165) is 0 Å². The average molecular weight is 377 g/mol. The maximum Gasteiger partial charge on any atom is 0.245 e. The first kappa shape index (κ1) is 16.2. The van der Waals surface area contributed by atoms with Crippen molar-refractivity contribution in [2.24, 2.45) is 0 Å². The monoisotopic (exact) mass is 376 g/mol. The van der Waals surface area contributed by atoms with E-state index in [0.29, 0.717) is 17.9 Å². The van der Waals surface area contributed by atoms with E-state index < -0.39 is 10.0 Å². The Morgan fingerprint density at radius 2 is 1.90 bits per heavy atom. The Morgan fingerprint density at radius 1 is 1.24 bits per heavy atom. The zero-order valence-corrected chi connectivity index (χ0v) is 13.6. The van der Waals surface area contributed by atoms with Gasteiger partial charge in [0.25, 0.3) is 0 Å². The van der Waals surface area contributed by atoms with Crippen molar-refractivity contribution in [3.05, 3.63) is 52.1 Å². The Bertz CT molecular complexity index is 714. The number of hydrogen-bond acceptors (Lipinski definition) is 4. The van der Waals surface area contributed by atoms with Crippen molar-refractivity contribution in [3.8, 4) is 0 Å². The van der Waals surface area contributed by atoms with Gasteiger partial charge in [-0.25, -0.2) is 17.5 Å². The van der Waals surface area contributed by atoms with Crippen molar-refractivity contribution in [1.82, 2.24) is 10.0 Å². The van der Waals surface area contributed by atoms with Crippen LogP contribution in [0, 0.1) is 5.82 Å². The molecule has 1 aromatic heterocycles. The molecule has 2 aromatic rings. The van der Waals surface area contributed by atoms with E-state index in [9.17, 15) is 12.8 Å². The topological polar surface area (TPSA) is 71.3 Å². The molecule has 0 atom stereocenters. The van der Waals surface area contributed by atoms with E-state index in [-0.39, 0.29) is 21.9 Å². The molecule has 1 aromatic carbocycles. The molecule has 8 heteroatoms. The van der Waals surface area contributed by atoms with E-state index in [1.807, 2.05) is 0 Å². The van der Waals surface area contributed by atoms with Gasteiger partial charge in [-0.2, -0.15) is 0 Å². The third kappa shape index (κ3) is 4.13. The molecule has 0 saturated carbocycles. The van der Waals surface area contributed by atoms with Gasteiger partial charge in [0.1, 0.15) is 16.5 Å². The number of rotatable bonds is 6. The van der Waals surface area contributed by atoms with Gasteiger partial charge in [-0.05, 0) is 40.7 Å². The molecule has 0 unspecified atom stereocenters. The summed E-state index contributed by atoms with van der Waals surface area (Å²) in [5, 5.41) is 2.87. The third-order valence-electron chi connectivity index (χ3n) is 2.73. The van der Waals surface area contributed by atoms with Gasteiger partial charge in [0, 0.05) is 12.6 Å². The van der Waals surface area contributed by atoms with Crippen LogP contribution in [0.3, 0.4) is 0 Å². The molecule has 2 rings (SSSR count). The lowest BCUT2D eigenvalue weighted by Crippen LogP contribution is -2.23. The largest absolute Gasteiger partial charge is 0.452 e. The first-order valence-electron chi connectivity index (χ1n) is 6.09. The molecule has 0 aliphatic heterocycles. The second-order valence-electron chi connectivity index (χ2n) is 4.33. The predicted molar refractivity (Wildman–Crippen MR) is 79.6 cm³/mol. The number of hydrogen-bond donors (Lipinski definition) is 2. The highest BCUT2D eigenvalue weighted by Crippen LogP contribution is 2.26. The zero-order valence-electron chi connectivity index (χ0n) is 11.2. The van der Waals surface area contributed by atoms with Gasteiger partial charge in [-0.15, -0.1) is 0 Å². The summed E-state index contributed by atoms with van der Waals surface area (Å²) in [7, 11) is -1.98. The van der Waals surface area contributed by atoms with Crippen molar-refractivity contribution in [1.29, 1.82) is 0 Å². The maximum absolute atomic E-state index is 12.8. The van der Waals surface area contributed by atoms with Gasteiger partial charge in [-0.3, -0.25) is 0 Å². The quantitative estimate of drug-likeness (QED) is 0.811. The van der Waals surface area contributed by atoms with Crippen LogP contribution < -0.4 is 10.0 Å². The predicted octanol–water partition coefficient (Wildman–Crippen LogP) is 2.38.